The van der Waals surface area contributed by atoms with Gasteiger partial charge in [-0.1, -0.05) is 12.1 Å². The van der Waals surface area contributed by atoms with Crippen molar-refractivity contribution in [1.29, 1.82) is 0 Å². The summed E-state index contributed by atoms with van der Waals surface area (Å²) in [6.07, 6.45) is 5.48. The van der Waals surface area contributed by atoms with Crippen molar-refractivity contribution in [3.05, 3.63) is 70.4 Å². The predicted octanol–water partition coefficient (Wildman–Crippen LogP) is 3.23. The van der Waals surface area contributed by atoms with Gasteiger partial charge >= 0.3 is 0 Å². The molecule has 7 heteroatoms. The first-order valence-electron chi connectivity index (χ1n) is 10.1. The van der Waals surface area contributed by atoms with Gasteiger partial charge in [-0.3, -0.25) is 14.7 Å². The molecule has 4 rings (SSSR count). The lowest BCUT2D eigenvalue weighted by molar-refractivity contribution is 0.195. The van der Waals surface area contributed by atoms with E-state index in [0.29, 0.717) is 5.82 Å². The highest BCUT2D eigenvalue weighted by Gasteiger charge is 2.24. The van der Waals surface area contributed by atoms with Crippen molar-refractivity contribution in [2.45, 2.75) is 25.3 Å². The van der Waals surface area contributed by atoms with Crippen LogP contribution in [0.4, 0.5) is 0 Å². The number of methoxy groups -OCH3 is 2. The molecule has 0 saturated carbocycles. The van der Waals surface area contributed by atoms with Crippen LogP contribution in [-0.2, 0) is 6.54 Å². The first-order chi connectivity index (χ1) is 14.7. The molecule has 156 valence electrons. The van der Waals surface area contributed by atoms with Crippen molar-refractivity contribution in [3.63, 3.8) is 0 Å². The summed E-state index contributed by atoms with van der Waals surface area (Å²) in [5.74, 6) is 2.28. The van der Waals surface area contributed by atoms with Crippen LogP contribution in [-0.4, -0.2) is 47.2 Å². The topological polar surface area (TPSA) is 80.3 Å². The molecular formula is C23H26N4O3. The molecule has 30 heavy (non-hydrogen) atoms. The van der Waals surface area contributed by atoms with E-state index in [-0.39, 0.29) is 11.5 Å². The van der Waals surface area contributed by atoms with Gasteiger partial charge in [-0.2, -0.15) is 0 Å². The SMILES string of the molecule is COc1cccc(CN2CCCC(c3cc(=O)[nH]c(-c4cccnc4)n3)C2)c1OC. The van der Waals surface area contributed by atoms with E-state index < -0.39 is 0 Å². The number of hydrogen-bond donors (Lipinski definition) is 1. The third kappa shape index (κ3) is 4.36. The Bertz CT molecular complexity index is 1050. The molecule has 1 aliphatic rings. The Morgan fingerprint density at radius 2 is 2.10 bits per heavy atom. The molecule has 0 amide bonds. The van der Waals surface area contributed by atoms with E-state index in [0.717, 1.165) is 60.8 Å². The number of benzene rings is 1. The molecule has 1 atom stereocenters. The number of H-pyrrole nitrogens is 1. The van der Waals surface area contributed by atoms with Gasteiger partial charge in [-0.15, -0.1) is 0 Å². The van der Waals surface area contributed by atoms with Gasteiger partial charge < -0.3 is 14.5 Å². The standard InChI is InChI=1S/C23H26N4O3/c1-29-20-9-3-6-18(22(20)30-2)15-27-11-5-8-17(14-27)19-12-21(28)26-23(25-19)16-7-4-10-24-13-16/h3-4,6-7,9-10,12-13,17H,5,8,11,14-15H2,1-2H3,(H,25,26,28). The highest BCUT2D eigenvalue weighted by molar-refractivity contribution is 5.52. The summed E-state index contributed by atoms with van der Waals surface area (Å²) < 4.78 is 11.0. The molecule has 0 bridgehead atoms. The first kappa shape index (κ1) is 20.1. The van der Waals surface area contributed by atoms with E-state index in [1.807, 2.05) is 24.3 Å². The third-order valence-electron chi connectivity index (χ3n) is 5.50. The van der Waals surface area contributed by atoms with E-state index >= 15 is 0 Å². The summed E-state index contributed by atoms with van der Waals surface area (Å²) in [7, 11) is 3.32. The molecule has 0 radical (unpaired) electrons. The van der Waals surface area contributed by atoms with Crippen LogP contribution in [0.5, 0.6) is 11.5 Å². The van der Waals surface area contributed by atoms with Gasteiger partial charge in [0.25, 0.3) is 5.56 Å². The van der Waals surface area contributed by atoms with E-state index in [4.69, 9.17) is 14.5 Å². The maximum absolute atomic E-state index is 12.3. The maximum atomic E-state index is 12.3. The minimum absolute atomic E-state index is 0.134. The molecule has 0 aliphatic carbocycles. The number of hydrogen-bond acceptors (Lipinski definition) is 6. The number of para-hydroxylation sites is 1. The Labute approximate surface area is 175 Å². The zero-order valence-corrected chi connectivity index (χ0v) is 17.3. The minimum atomic E-state index is -0.134. The zero-order valence-electron chi connectivity index (χ0n) is 17.3. The molecule has 2 aromatic heterocycles. The zero-order chi connectivity index (χ0) is 20.9. The molecule has 0 spiro atoms. The lowest BCUT2D eigenvalue weighted by Crippen LogP contribution is -2.34. The first-order valence-corrected chi connectivity index (χ1v) is 10.1. The monoisotopic (exact) mass is 406 g/mol. The average molecular weight is 406 g/mol. The van der Waals surface area contributed by atoms with E-state index in [1.54, 1.807) is 32.7 Å². The summed E-state index contributed by atoms with van der Waals surface area (Å²) in [5.41, 5.74) is 2.60. The number of ether oxygens (including phenoxy) is 2. The van der Waals surface area contributed by atoms with Crippen molar-refractivity contribution >= 4 is 0 Å². The summed E-state index contributed by atoms with van der Waals surface area (Å²) in [5, 5.41) is 0. The van der Waals surface area contributed by atoms with Crippen LogP contribution in [0.15, 0.2) is 53.6 Å². The van der Waals surface area contributed by atoms with E-state index in [9.17, 15) is 4.79 Å². The largest absolute Gasteiger partial charge is 0.493 e. The van der Waals surface area contributed by atoms with Gasteiger partial charge in [0.15, 0.2) is 11.5 Å². The number of rotatable bonds is 6. The van der Waals surface area contributed by atoms with Crippen molar-refractivity contribution in [3.8, 4) is 22.9 Å². The molecule has 1 aromatic carbocycles. The third-order valence-corrected chi connectivity index (χ3v) is 5.50. The van der Waals surface area contributed by atoms with E-state index in [1.165, 1.54) is 0 Å². The fourth-order valence-electron chi connectivity index (χ4n) is 4.08. The molecule has 1 N–H and O–H groups in total. The number of nitrogens with zero attached hydrogens (tertiary/aromatic N) is 3. The van der Waals surface area contributed by atoms with Crippen molar-refractivity contribution in [2.24, 2.45) is 0 Å². The number of aromatic amines is 1. The van der Waals surface area contributed by atoms with E-state index in [2.05, 4.69) is 20.9 Å². The Morgan fingerprint density at radius 1 is 1.20 bits per heavy atom. The second-order valence-electron chi connectivity index (χ2n) is 7.49. The Kier molecular flexibility index (Phi) is 6.09. The van der Waals surface area contributed by atoms with Gasteiger partial charge in [0, 0.05) is 48.6 Å². The van der Waals surface area contributed by atoms with Crippen molar-refractivity contribution in [1.82, 2.24) is 19.9 Å². The molecule has 1 saturated heterocycles. The molecule has 3 heterocycles. The van der Waals surface area contributed by atoms with Crippen LogP contribution in [0.25, 0.3) is 11.4 Å². The molecule has 1 fully saturated rings. The lowest BCUT2D eigenvalue weighted by atomic mass is 9.94. The van der Waals surface area contributed by atoms with Crippen LogP contribution in [0.2, 0.25) is 0 Å². The van der Waals surface area contributed by atoms with Gasteiger partial charge in [0.2, 0.25) is 0 Å². The maximum Gasteiger partial charge on any atom is 0.251 e. The lowest BCUT2D eigenvalue weighted by Gasteiger charge is -2.33. The van der Waals surface area contributed by atoms with Crippen LogP contribution >= 0.6 is 0 Å². The number of pyridine rings is 1. The molecule has 3 aromatic rings. The number of piperidine rings is 1. The van der Waals surface area contributed by atoms with Crippen LogP contribution in [0.1, 0.15) is 30.0 Å². The van der Waals surface area contributed by atoms with Crippen LogP contribution < -0.4 is 15.0 Å². The number of nitrogens with one attached hydrogen (secondary N) is 1. The highest BCUT2D eigenvalue weighted by atomic mass is 16.5. The molecule has 7 nitrogen and oxygen atoms in total. The Balaban J connectivity index is 1.55. The second kappa shape index (κ2) is 9.09. The number of aromatic nitrogens is 3. The minimum Gasteiger partial charge on any atom is -0.493 e. The fourth-order valence-corrected chi connectivity index (χ4v) is 4.08. The highest BCUT2D eigenvalue weighted by Crippen LogP contribution is 2.33. The summed E-state index contributed by atoms with van der Waals surface area (Å²) in [4.78, 5) is 26.4. The summed E-state index contributed by atoms with van der Waals surface area (Å²) in [6, 6.07) is 11.3. The Morgan fingerprint density at radius 3 is 2.87 bits per heavy atom. The molecule has 1 aliphatic heterocycles. The Hall–Kier alpha value is -3.19. The van der Waals surface area contributed by atoms with Crippen molar-refractivity contribution < 1.29 is 9.47 Å². The average Bonchev–Trinajstić information content (AvgIpc) is 2.79. The van der Waals surface area contributed by atoms with Gasteiger partial charge in [-0.25, -0.2) is 4.98 Å². The second-order valence-corrected chi connectivity index (χ2v) is 7.49. The summed E-state index contributed by atoms with van der Waals surface area (Å²) in [6.45, 7) is 2.59. The van der Waals surface area contributed by atoms with Crippen LogP contribution in [0.3, 0.4) is 0 Å². The molecular weight excluding hydrogens is 380 g/mol. The smallest absolute Gasteiger partial charge is 0.251 e. The van der Waals surface area contributed by atoms with Gasteiger partial charge in [0.05, 0.1) is 19.9 Å². The number of likely N-dealkylation sites (tertiary alicyclic amines) is 1. The quantitative estimate of drug-likeness (QED) is 0.677. The molecule has 1 unspecified atom stereocenters. The predicted molar refractivity (Wildman–Crippen MR) is 115 cm³/mol. The van der Waals surface area contributed by atoms with Crippen molar-refractivity contribution in [2.75, 3.05) is 27.3 Å². The van der Waals surface area contributed by atoms with Gasteiger partial charge in [-0.05, 0) is 37.6 Å². The van der Waals surface area contributed by atoms with Gasteiger partial charge in [0.1, 0.15) is 5.82 Å². The van der Waals surface area contributed by atoms with Crippen LogP contribution in [0, 0.1) is 0 Å². The fraction of sp³-hybridized carbons (Fsp3) is 0.348. The summed E-state index contributed by atoms with van der Waals surface area (Å²) >= 11 is 0. The normalized spacial score (nSPS) is 16.9.